The largest absolute Gasteiger partial charge is 0.294 e. The molecule has 0 aliphatic carbocycles. The summed E-state index contributed by atoms with van der Waals surface area (Å²) >= 11 is 0. The zero-order valence-electron chi connectivity index (χ0n) is 18.2. The smallest absolute Gasteiger partial charge is 0.282 e. The van der Waals surface area contributed by atoms with Gasteiger partial charge in [-0.2, -0.15) is 37.1 Å². The molecule has 2 aliphatic heterocycles. The minimum absolute atomic E-state index is 0.153. The van der Waals surface area contributed by atoms with Crippen LogP contribution in [0.15, 0.2) is 80.2 Å². The second kappa shape index (κ2) is 8.49. The van der Waals surface area contributed by atoms with Gasteiger partial charge in [-0.05, 0) is 62.4 Å². The third kappa shape index (κ3) is 4.64. The van der Waals surface area contributed by atoms with E-state index < -0.39 is 38.0 Å². The summed E-state index contributed by atoms with van der Waals surface area (Å²) in [5.74, 6) is -1.91. The van der Waals surface area contributed by atoms with Gasteiger partial charge in [-0.3, -0.25) is 18.7 Å². The van der Waals surface area contributed by atoms with Crippen LogP contribution in [0, 0.1) is 5.92 Å². The van der Waals surface area contributed by atoms with Gasteiger partial charge in [-0.25, -0.2) is 0 Å². The van der Waals surface area contributed by atoms with E-state index in [1.165, 1.54) is 30.3 Å². The van der Waals surface area contributed by atoms with E-state index in [9.17, 15) is 26.4 Å². The highest BCUT2D eigenvalue weighted by Crippen LogP contribution is 2.29. The van der Waals surface area contributed by atoms with Crippen molar-refractivity contribution >= 4 is 54.8 Å². The summed E-state index contributed by atoms with van der Waals surface area (Å²) in [5, 5.41) is 10.5. The zero-order chi connectivity index (χ0) is 25.7. The van der Waals surface area contributed by atoms with Crippen LogP contribution in [0.25, 0.3) is 0 Å². The van der Waals surface area contributed by atoms with Crippen molar-refractivity contribution in [3.8, 4) is 0 Å². The number of hydrogen-bond donors (Lipinski definition) is 2. The van der Waals surface area contributed by atoms with Crippen LogP contribution in [0.5, 0.6) is 0 Å². The molecule has 2 aromatic carbocycles. The molecule has 2 aromatic rings. The minimum Gasteiger partial charge on any atom is -0.282 e. The molecule has 0 saturated carbocycles. The predicted molar refractivity (Wildman–Crippen MR) is 125 cm³/mol. The SMILES string of the molecule is CC1=NN(c2ccc(S(=O)(=O)O)cc2)C(=O)/C1=C/C1C(=O)N(c2ccc(S(=O)(=O)O)cc2)N=C1C. The van der Waals surface area contributed by atoms with Crippen LogP contribution in [0.4, 0.5) is 11.4 Å². The molecule has 0 radical (unpaired) electrons. The normalized spacial score (nSPS) is 20.0. The zero-order valence-corrected chi connectivity index (χ0v) is 19.9. The highest BCUT2D eigenvalue weighted by molar-refractivity contribution is 7.86. The molecule has 2 aliphatic rings. The van der Waals surface area contributed by atoms with Crippen molar-refractivity contribution in [1.29, 1.82) is 0 Å². The van der Waals surface area contributed by atoms with E-state index in [2.05, 4.69) is 10.2 Å². The molecule has 35 heavy (non-hydrogen) atoms. The van der Waals surface area contributed by atoms with Crippen LogP contribution in [0.2, 0.25) is 0 Å². The Morgan fingerprint density at radius 3 is 1.69 bits per heavy atom. The topological polar surface area (TPSA) is 174 Å². The Hall–Kier alpha value is -3.72. The summed E-state index contributed by atoms with van der Waals surface area (Å²) in [6.45, 7) is 3.18. The summed E-state index contributed by atoms with van der Waals surface area (Å²) in [6, 6.07) is 9.80. The van der Waals surface area contributed by atoms with E-state index >= 15 is 0 Å². The molecular weight excluding hydrogens is 500 g/mol. The maximum Gasteiger partial charge on any atom is 0.294 e. The van der Waals surface area contributed by atoms with Gasteiger partial charge < -0.3 is 0 Å². The highest BCUT2D eigenvalue weighted by Gasteiger charge is 2.37. The minimum atomic E-state index is -4.39. The van der Waals surface area contributed by atoms with Crippen LogP contribution in [-0.4, -0.2) is 49.2 Å². The van der Waals surface area contributed by atoms with Crippen molar-refractivity contribution in [3.63, 3.8) is 0 Å². The molecule has 12 nitrogen and oxygen atoms in total. The fraction of sp³-hybridized carbons (Fsp3) is 0.143. The number of amides is 2. The molecule has 1 unspecified atom stereocenters. The first-order chi connectivity index (χ1) is 16.3. The summed E-state index contributed by atoms with van der Waals surface area (Å²) in [4.78, 5) is 25.4. The van der Waals surface area contributed by atoms with E-state index in [-0.39, 0.29) is 26.7 Å². The lowest BCUT2D eigenvalue weighted by Gasteiger charge is -2.14. The van der Waals surface area contributed by atoms with Crippen molar-refractivity contribution < 1.29 is 35.5 Å². The summed E-state index contributed by atoms with van der Waals surface area (Å²) in [5.41, 5.74) is 1.39. The Morgan fingerprint density at radius 2 is 1.23 bits per heavy atom. The summed E-state index contributed by atoms with van der Waals surface area (Å²) < 4.78 is 63.2. The second-order valence-corrected chi connectivity index (χ2v) is 10.5. The average Bonchev–Trinajstić information content (AvgIpc) is 3.23. The first kappa shape index (κ1) is 24.4. The number of hydrazone groups is 2. The number of carbonyl (C=O) groups is 2. The first-order valence-corrected chi connectivity index (χ1v) is 12.8. The van der Waals surface area contributed by atoms with Crippen molar-refractivity contribution in [1.82, 2.24) is 0 Å². The fourth-order valence-electron chi connectivity index (χ4n) is 3.53. The van der Waals surface area contributed by atoms with Gasteiger partial charge >= 0.3 is 0 Å². The molecule has 1 atom stereocenters. The predicted octanol–water partition coefficient (Wildman–Crippen LogP) is 1.87. The van der Waals surface area contributed by atoms with Gasteiger partial charge in [0.15, 0.2) is 0 Å². The van der Waals surface area contributed by atoms with Crippen LogP contribution in [0.1, 0.15) is 13.8 Å². The van der Waals surface area contributed by atoms with E-state index in [0.29, 0.717) is 11.4 Å². The van der Waals surface area contributed by atoms with Gasteiger partial charge in [-0.15, -0.1) is 0 Å². The second-order valence-electron chi connectivity index (χ2n) is 7.69. The molecule has 4 rings (SSSR count). The van der Waals surface area contributed by atoms with Crippen LogP contribution < -0.4 is 10.0 Å². The maximum atomic E-state index is 13.0. The molecular formula is C21H18N4O8S2. The van der Waals surface area contributed by atoms with E-state index in [1.54, 1.807) is 13.8 Å². The number of benzene rings is 2. The fourth-order valence-corrected chi connectivity index (χ4v) is 4.49. The number of rotatable bonds is 5. The van der Waals surface area contributed by atoms with Gasteiger partial charge in [0, 0.05) is 0 Å². The molecule has 14 heteroatoms. The molecule has 0 bridgehead atoms. The van der Waals surface area contributed by atoms with Gasteiger partial charge in [0.2, 0.25) is 0 Å². The van der Waals surface area contributed by atoms with E-state index in [1.807, 2.05) is 0 Å². The Balaban J connectivity index is 1.58. The number of hydrogen-bond acceptors (Lipinski definition) is 8. The summed E-state index contributed by atoms with van der Waals surface area (Å²) in [7, 11) is -8.78. The Morgan fingerprint density at radius 1 is 0.771 bits per heavy atom. The van der Waals surface area contributed by atoms with E-state index in [0.717, 1.165) is 34.3 Å². The maximum absolute atomic E-state index is 13.0. The number of carbonyl (C=O) groups excluding carboxylic acids is 2. The molecule has 2 amide bonds. The van der Waals surface area contributed by atoms with Gasteiger partial charge in [-0.1, -0.05) is 6.08 Å². The van der Waals surface area contributed by atoms with Gasteiger partial charge in [0.1, 0.15) is 0 Å². The van der Waals surface area contributed by atoms with Crippen LogP contribution >= 0.6 is 0 Å². The lowest BCUT2D eigenvalue weighted by molar-refractivity contribution is -0.118. The molecule has 182 valence electrons. The van der Waals surface area contributed by atoms with E-state index in [4.69, 9.17) is 9.11 Å². The molecule has 0 spiro atoms. The third-order valence-electron chi connectivity index (χ3n) is 5.34. The molecule has 0 saturated heterocycles. The Kier molecular flexibility index (Phi) is 5.92. The van der Waals surface area contributed by atoms with Crippen LogP contribution in [-0.2, 0) is 29.8 Å². The summed E-state index contributed by atoms with van der Waals surface area (Å²) in [6.07, 6.45) is 1.43. The molecule has 2 heterocycles. The first-order valence-electron chi connectivity index (χ1n) is 9.93. The average molecular weight is 519 g/mol. The highest BCUT2D eigenvalue weighted by atomic mass is 32.2. The van der Waals surface area contributed by atoms with Crippen molar-refractivity contribution in [2.75, 3.05) is 10.0 Å². The molecule has 0 fully saturated rings. The lowest BCUT2D eigenvalue weighted by Crippen LogP contribution is -2.27. The lowest BCUT2D eigenvalue weighted by atomic mass is 9.98. The van der Waals surface area contributed by atoms with Crippen molar-refractivity contribution in [2.24, 2.45) is 16.1 Å². The standard InChI is InChI=1S/C21H18N4O8S2/c1-12-18(20(26)24(22-12)14-3-7-16(8-4-14)34(28,29)30)11-19-13(2)23-25(21(19)27)15-5-9-17(10-6-15)35(31,32)33/h3-11,18H,1-2H3,(H,28,29,30)(H,31,32,33)/b19-11+. The van der Waals surface area contributed by atoms with Crippen molar-refractivity contribution in [3.05, 3.63) is 60.2 Å². The van der Waals surface area contributed by atoms with Crippen LogP contribution in [0.3, 0.4) is 0 Å². The number of nitrogens with zero attached hydrogens (tertiary/aromatic N) is 4. The van der Waals surface area contributed by atoms with Gasteiger partial charge in [0.05, 0.1) is 44.1 Å². The Labute approximate surface area is 200 Å². The molecule has 0 aromatic heterocycles. The van der Waals surface area contributed by atoms with Crippen molar-refractivity contribution in [2.45, 2.75) is 23.6 Å². The van der Waals surface area contributed by atoms with Gasteiger partial charge in [0.25, 0.3) is 32.1 Å². The number of anilines is 2. The third-order valence-corrected chi connectivity index (χ3v) is 7.07. The Bertz CT molecular complexity index is 1540. The monoisotopic (exact) mass is 518 g/mol. The molecule has 2 N–H and O–H groups in total. The quantitative estimate of drug-likeness (QED) is 0.445.